The van der Waals surface area contributed by atoms with E-state index in [0.29, 0.717) is 5.56 Å². The number of carbonyl (C=O) groups is 1. The van der Waals surface area contributed by atoms with E-state index in [4.69, 9.17) is 5.26 Å². The molecule has 2 N–H and O–H groups in total. The van der Waals surface area contributed by atoms with Crippen molar-refractivity contribution < 1.29 is 18.0 Å². The van der Waals surface area contributed by atoms with Crippen molar-refractivity contribution in [3.63, 3.8) is 0 Å². The maximum atomic E-state index is 14.2. The van der Waals surface area contributed by atoms with Crippen LogP contribution < -0.4 is 15.5 Å². The Kier molecular flexibility index (Phi) is 9.30. The number of alkyl halides is 3. The first kappa shape index (κ1) is 26.7. The van der Waals surface area contributed by atoms with Crippen LogP contribution in [0.4, 0.5) is 18.9 Å². The van der Waals surface area contributed by atoms with E-state index in [1.165, 1.54) is 12.1 Å². The Hall–Kier alpha value is -2.89. The lowest BCUT2D eigenvalue weighted by molar-refractivity contribution is -0.161. The van der Waals surface area contributed by atoms with Crippen LogP contribution in [0.3, 0.4) is 0 Å². The van der Waals surface area contributed by atoms with E-state index in [2.05, 4.69) is 15.5 Å². The van der Waals surface area contributed by atoms with Gasteiger partial charge < -0.3 is 10.2 Å². The van der Waals surface area contributed by atoms with Crippen molar-refractivity contribution in [1.29, 1.82) is 5.26 Å². The van der Waals surface area contributed by atoms with Gasteiger partial charge >= 0.3 is 6.18 Å². The van der Waals surface area contributed by atoms with Gasteiger partial charge in [0, 0.05) is 44.7 Å². The minimum atomic E-state index is -4.59. The Labute approximate surface area is 205 Å². The zero-order valence-electron chi connectivity index (χ0n) is 20.2. The zero-order chi connectivity index (χ0) is 25.4. The molecule has 1 unspecified atom stereocenters. The maximum Gasteiger partial charge on any atom is 0.407 e. The van der Waals surface area contributed by atoms with E-state index in [-0.39, 0.29) is 36.5 Å². The molecule has 3 rings (SSSR count). The van der Waals surface area contributed by atoms with Crippen LogP contribution in [0.25, 0.3) is 11.1 Å². The van der Waals surface area contributed by atoms with E-state index in [0.717, 1.165) is 37.4 Å². The second kappa shape index (κ2) is 12.2. The molecular weight excluding hydrogens is 453 g/mol. The van der Waals surface area contributed by atoms with Crippen LogP contribution in [0.5, 0.6) is 0 Å². The normalized spacial score (nSPS) is 16.1. The molecule has 0 radical (unpaired) electrons. The van der Waals surface area contributed by atoms with Crippen LogP contribution in [0, 0.1) is 17.2 Å². The zero-order valence-corrected chi connectivity index (χ0v) is 20.2. The number of hydrogen-bond donors (Lipinski definition) is 2. The molecule has 0 bridgehead atoms. The number of anilines is 1. The van der Waals surface area contributed by atoms with E-state index >= 15 is 0 Å². The molecule has 1 saturated heterocycles. The van der Waals surface area contributed by atoms with Gasteiger partial charge in [-0.25, -0.2) is 0 Å². The smallest absolute Gasteiger partial charge is 0.369 e. The van der Waals surface area contributed by atoms with Gasteiger partial charge in [-0.15, -0.1) is 0 Å². The van der Waals surface area contributed by atoms with Crippen LogP contribution in [0.1, 0.15) is 44.7 Å². The van der Waals surface area contributed by atoms with Crippen LogP contribution in [-0.2, 0) is 4.79 Å². The number of carbonyl (C=O) groups excluding carboxylic acids is 1. The number of hydrogen-bond acceptors (Lipinski definition) is 5. The second-order valence-corrected chi connectivity index (χ2v) is 9.36. The number of nitrogens with zero attached hydrogens (tertiary/aromatic N) is 2. The maximum absolute atomic E-state index is 14.2. The van der Waals surface area contributed by atoms with Gasteiger partial charge in [0.25, 0.3) is 0 Å². The number of rotatable bonds is 10. The second-order valence-electron chi connectivity index (χ2n) is 9.36. The predicted octanol–water partition coefficient (Wildman–Crippen LogP) is 5.24. The summed E-state index contributed by atoms with van der Waals surface area (Å²) in [6.45, 7) is 7.40. The van der Waals surface area contributed by atoms with E-state index in [1.807, 2.05) is 44.2 Å². The average molecular weight is 487 g/mol. The molecular formula is C27H33F3N4O. The molecule has 0 saturated carbocycles. The highest BCUT2D eigenvalue weighted by Gasteiger charge is 2.42. The number of Topliss-reactive ketones (excluding diaryl/α,β-unsaturated/α-hetero) is 1. The largest absolute Gasteiger partial charge is 0.407 e. The first-order valence-corrected chi connectivity index (χ1v) is 12.1. The van der Waals surface area contributed by atoms with Crippen molar-refractivity contribution in [3.8, 4) is 17.2 Å². The summed E-state index contributed by atoms with van der Waals surface area (Å²) < 4.78 is 42.5. The summed E-state index contributed by atoms with van der Waals surface area (Å²) in [4.78, 5) is 14.9. The van der Waals surface area contributed by atoms with Gasteiger partial charge in [-0.1, -0.05) is 44.2 Å². The standard InChI is InChI=1S/C27H33F3N4O/c1-19(2)17-24(25(35)7-4-12-31)33-26(27(28,29)30)22-6-3-5-21(18-22)20-8-10-23(11-9-20)34-15-13-32-14-16-34/h3,5-6,8-11,18-19,24,26,32-33H,4,7,13-17H2,1-2H3/t24-,26?/m0/s1. The molecule has 2 atom stereocenters. The van der Waals surface area contributed by atoms with Crippen LogP contribution in [0.15, 0.2) is 48.5 Å². The fraction of sp³-hybridized carbons (Fsp3) is 0.481. The molecule has 1 heterocycles. The SMILES string of the molecule is CC(C)C[C@H](NC(c1cccc(-c2ccc(N3CCNCC3)cc2)c1)C(F)(F)F)C(=O)CCC#N. The van der Waals surface area contributed by atoms with Crippen molar-refractivity contribution in [3.05, 3.63) is 54.1 Å². The van der Waals surface area contributed by atoms with Gasteiger partial charge in [-0.05, 0) is 47.2 Å². The van der Waals surface area contributed by atoms with Crippen molar-refractivity contribution in [2.24, 2.45) is 5.92 Å². The Morgan fingerprint density at radius 1 is 1.11 bits per heavy atom. The molecule has 0 amide bonds. The molecule has 1 aliphatic heterocycles. The minimum Gasteiger partial charge on any atom is -0.369 e. The molecule has 1 fully saturated rings. The van der Waals surface area contributed by atoms with Crippen molar-refractivity contribution in [2.45, 2.75) is 51.4 Å². The van der Waals surface area contributed by atoms with Crippen molar-refractivity contribution in [1.82, 2.24) is 10.6 Å². The fourth-order valence-corrected chi connectivity index (χ4v) is 4.38. The fourth-order valence-electron chi connectivity index (χ4n) is 4.38. The molecule has 2 aromatic rings. The molecule has 2 aromatic carbocycles. The number of benzene rings is 2. The Morgan fingerprint density at radius 2 is 1.80 bits per heavy atom. The quantitative estimate of drug-likeness (QED) is 0.481. The average Bonchev–Trinajstić information content (AvgIpc) is 2.84. The van der Waals surface area contributed by atoms with Gasteiger partial charge in [-0.2, -0.15) is 18.4 Å². The first-order valence-electron chi connectivity index (χ1n) is 12.1. The number of piperazine rings is 1. The molecule has 188 valence electrons. The van der Waals surface area contributed by atoms with Gasteiger partial charge in [-0.3, -0.25) is 10.1 Å². The van der Waals surface area contributed by atoms with E-state index < -0.39 is 18.3 Å². The summed E-state index contributed by atoms with van der Waals surface area (Å²) in [7, 11) is 0. The molecule has 1 aliphatic rings. The van der Waals surface area contributed by atoms with Crippen LogP contribution in [0.2, 0.25) is 0 Å². The molecule has 0 spiro atoms. The third kappa shape index (κ3) is 7.55. The monoisotopic (exact) mass is 486 g/mol. The topological polar surface area (TPSA) is 68.2 Å². The van der Waals surface area contributed by atoms with Gasteiger partial charge in [0.05, 0.1) is 12.1 Å². The Balaban J connectivity index is 1.85. The summed E-state index contributed by atoms with van der Waals surface area (Å²) in [5.74, 6) is -0.345. The summed E-state index contributed by atoms with van der Waals surface area (Å²) in [5.41, 5.74) is 2.66. The highest BCUT2D eigenvalue weighted by Crippen LogP contribution is 2.35. The van der Waals surface area contributed by atoms with Crippen molar-refractivity contribution >= 4 is 11.5 Å². The van der Waals surface area contributed by atoms with Gasteiger partial charge in [0.2, 0.25) is 0 Å². The number of nitrogens with one attached hydrogen (secondary N) is 2. The van der Waals surface area contributed by atoms with Crippen LogP contribution in [-0.4, -0.2) is 44.2 Å². The van der Waals surface area contributed by atoms with Crippen LogP contribution >= 0.6 is 0 Å². The predicted molar refractivity (Wildman–Crippen MR) is 132 cm³/mol. The third-order valence-corrected chi connectivity index (χ3v) is 6.18. The molecule has 5 nitrogen and oxygen atoms in total. The summed E-state index contributed by atoms with van der Waals surface area (Å²) in [6, 6.07) is 13.2. The van der Waals surface area contributed by atoms with Gasteiger partial charge in [0.1, 0.15) is 6.04 Å². The van der Waals surface area contributed by atoms with Gasteiger partial charge in [0.15, 0.2) is 5.78 Å². The third-order valence-electron chi connectivity index (χ3n) is 6.18. The number of nitriles is 1. The summed E-state index contributed by atoms with van der Waals surface area (Å²) >= 11 is 0. The minimum absolute atomic E-state index is 0.00872. The van der Waals surface area contributed by atoms with Crippen molar-refractivity contribution in [2.75, 3.05) is 31.1 Å². The lowest BCUT2D eigenvalue weighted by Gasteiger charge is -2.29. The Bertz CT molecular complexity index is 1010. The number of ketones is 1. The lowest BCUT2D eigenvalue weighted by atomic mass is 9.94. The summed E-state index contributed by atoms with van der Waals surface area (Å²) in [6.07, 6.45) is -4.39. The highest BCUT2D eigenvalue weighted by molar-refractivity contribution is 5.84. The molecule has 35 heavy (non-hydrogen) atoms. The molecule has 8 heteroatoms. The summed E-state index contributed by atoms with van der Waals surface area (Å²) in [5, 5.41) is 14.7. The lowest BCUT2D eigenvalue weighted by Crippen LogP contribution is -2.45. The first-order chi connectivity index (χ1) is 16.7. The van der Waals surface area contributed by atoms with E-state index in [9.17, 15) is 18.0 Å². The Morgan fingerprint density at radius 3 is 2.40 bits per heavy atom. The molecule has 0 aromatic heterocycles. The number of halogens is 3. The molecule has 0 aliphatic carbocycles. The highest BCUT2D eigenvalue weighted by atomic mass is 19.4. The van der Waals surface area contributed by atoms with E-state index in [1.54, 1.807) is 12.1 Å².